The van der Waals surface area contributed by atoms with Gasteiger partial charge < -0.3 is 14.7 Å². The van der Waals surface area contributed by atoms with E-state index in [1.807, 2.05) is 6.07 Å². The summed E-state index contributed by atoms with van der Waals surface area (Å²) in [5.41, 5.74) is 2.30. The summed E-state index contributed by atoms with van der Waals surface area (Å²) in [6, 6.07) is 5.14. The van der Waals surface area contributed by atoms with E-state index in [9.17, 15) is 9.59 Å². The third kappa shape index (κ3) is 4.55. The number of fused-ring (bicyclic) bond motifs is 1. The van der Waals surface area contributed by atoms with Crippen molar-refractivity contribution in [1.82, 2.24) is 4.90 Å². The number of ether oxygens (including phenoxy) is 1. The van der Waals surface area contributed by atoms with E-state index in [0.29, 0.717) is 25.6 Å². The number of aromatic carboxylic acids is 1. The van der Waals surface area contributed by atoms with Gasteiger partial charge in [0.1, 0.15) is 6.10 Å². The number of carboxylic acids is 1. The zero-order chi connectivity index (χ0) is 17.0. The van der Waals surface area contributed by atoms with Gasteiger partial charge in [0.05, 0.1) is 5.56 Å². The molecule has 0 saturated carbocycles. The van der Waals surface area contributed by atoms with E-state index in [1.54, 1.807) is 24.0 Å². The second-order valence-electron chi connectivity index (χ2n) is 6.49. The van der Waals surface area contributed by atoms with Crippen LogP contribution in [0.1, 0.15) is 48.7 Å². The van der Waals surface area contributed by atoms with Crippen LogP contribution >= 0.6 is 0 Å². The fourth-order valence-corrected chi connectivity index (χ4v) is 2.69. The van der Waals surface area contributed by atoms with E-state index < -0.39 is 12.1 Å². The quantitative estimate of drug-likeness (QED) is 0.875. The minimum absolute atomic E-state index is 0.0277. The van der Waals surface area contributed by atoms with Gasteiger partial charge in [0, 0.05) is 19.7 Å². The highest BCUT2D eigenvalue weighted by Crippen LogP contribution is 2.21. The fraction of sp³-hybridized carbons (Fsp3) is 0.556. The molecule has 0 fully saturated rings. The lowest BCUT2D eigenvalue weighted by atomic mass is 9.97. The second-order valence-corrected chi connectivity index (χ2v) is 6.49. The molecule has 0 aliphatic carbocycles. The number of rotatable bonds is 6. The molecule has 5 nitrogen and oxygen atoms in total. The van der Waals surface area contributed by atoms with Gasteiger partial charge >= 0.3 is 5.97 Å². The van der Waals surface area contributed by atoms with Gasteiger partial charge in [0.25, 0.3) is 5.91 Å². The van der Waals surface area contributed by atoms with Crippen LogP contribution in [0.4, 0.5) is 0 Å². The summed E-state index contributed by atoms with van der Waals surface area (Å²) in [4.78, 5) is 25.3. The van der Waals surface area contributed by atoms with Gasteiger partial charge in [0.15, 0.2) is 0 Å². The highest BCUT2D eigenvalue weighted by molar-refractivity contribution is 5.88. The number of hydrogen-bond donors (Lipinski definition) is 1. The Balaban J connectivity index is 1.99. The maximum Gasteiger partial charge on any atom is 0.335 e. The normalized spacial score (nSPS) is 15.4. The number of carbonyl (C=O) groups is 2. The first-order chi connectivity index (χ1) is 10.9. The smallest absolute Gasteiger partial charge is 0.335 e. The molecule has 0 saturated heterocycles. The van der Waals surface area contributed by atoms with Crippen molar-refractivity contribution in [1.29, 1.82) is 0 Å². The van der Waals surface area contributed by atoms with Crippen molar-refractivity contribution in [3.63, 3.8) is 0 Å². The van der Waals surface area contributed by atoms with Crippen molar-refractivity contribution >= 4 is 11.9 Å². The number of benzene rings is 1. The van der Waals surface area contributed by atoms with Crippen molar-refractivity contribution in [3.8, 4) is 0 Å². The van der Waals surface area contributed by atoms with Crippen LogP contribution in [-0.4, -0.2) is 41.1 Å². The first kappa shape index (κ1) is 17.5. The average Bonchev–Trinajstić information content (AvgIpc) is 2.52. The van der Waals surface area contributed by atoms with Crippen LogP contribution in [-0.2, 0) is 22.5 Å². The van der Waals surface area contributed by atoms with Crippen LogP contribution in [0.2, 0.25) is 0 Å². The molecule has 1 heterocycles. The molecule has 23 heavy (non-hydrogen) atoms. The van der Waals surface area contributed by atoms with Gasteiger partial charge in [-0.25, -0.2) is 4.79 Å². The Morgan fingerprint density at radius 1 is 1.26 bits per heavy atom. The molecule has 1 aromatic carbocycles. The SMILES string of the molecule is CC(C)CCOC(C)C(=O)N1CCc2ccc(C(=O)O)cc2C1. The summed E-state index contributed by atoms with van der Waals surface area (Å²) >= 11 is 0. The van der Waals surface area contributed by atoms with Crippen LogP contribution in [0.25, 0.3) is 0 Å². The van der Waals surface area contributed by atoms with Crippen LogP contribution in [0.5, 0.6) is 0 Å². The lowest BCUT2D eigenvalue weighted by Crippen LogP contribution is -2.42. The van der Waals surface area contributed by atoms with E-state index in [-0.39, 0.29) is 11.5 Å². The lowest BCUT2D eigenvalue weighted by molar-refractivity contribution is -0.143. The molecule has 2 rings (SSSR count). The molecule has 0 aromatic heterocycles. The molecule has 126 valence electrons. The molecular weight excluding hydrogens is 294 g/mol. The van der Waals surface area contributed by atoms with Crippen molar-refractivity contribution in [3.05, 3.63) is 34.9 Å². The molecule has 1 unspecified atom stereocenters. The molecule has 1 aliphatic rings. The zero-order valence-corrected chi connectivity index (χ0v) is 14.0. The van der Waals surface area contributed by atoms with Gasteiger partial charge in [0.2, 0.25) is 0 Å². The van der Waals surface area contributed by atoms with E-state index >= 15 is 0 Å². The van der Waals surface area contributed by atoms with Crippen LogP contribution in [0, 0.1) is 5.92 Å². The van der Waals surface area contributed by atoms with Gasteiger partial charge in [-0.2, -0.15) is 0 Å². The van der Waals surface area contributed by atoms with Crippen molar-refractivity contribution in [2.75, 3.05) is 13.2 Å². The highest BCUT2D eigenvalue weighted by atomic mass is 16.5. The molecule has 1 atom stereocenters. The van der Waals surface area contributed by atoms with Crippen molar-refractivity contribution < 1.29 is 19.4 Å². The summed E-state index contributed by atoms with van der Waals surface area (Å²) in [7, 11) is 0. The highest BCUT2D eigenvalue weighted by Gasteiger charge is 2.25. The largest absolute Gasteiger partial charge is 0.478 e. The molecule has 1 N–H and O–H groups in total. The number of amides is 1. The third-order valence-corrected chi connectivity index (χ3v) is 4.19. The fourth-order valence-electron chi connectivity index (χ4n) is 2.69. The molecular formula is C18H25NO4. The van der Waals surface area contributed by atoms with Crippen LogP contribution in [0.3, 0.4) is 0 Å². The molecule has 1 aliphatic heterocycles. The first-order valence-electron chi connectivity index (χ1n) is 8.14. The maximum atomic E-state index is 12.5. The molecule has 5 heteroatoms. The number of carbonyl (C=O) groups excluding carboxylic acids is 1. The molecule has 0 bridgehead atoms. The Morgan fingerprint density at radius 2 is 2.00 bits per heavy atom. The van der Waals surface area contributed by atoms with Crippen LogP contribution in [0.15, 0.2) is 18.2 Å². The number of hydrogen-bond acceptors (Lipinski definition) is 3. The summed E-state index contributed by atoms with van der Waals surface area (Å²) in [6.45, 7) is 7.71. The zero-order valence-electron chi connectivity index (χ0n) is 14.0. The first-order valence-corrected chi connectivity index (χ1v) is 8.14. The van der Waals surface area contributed by atoms with Gasteiger partial charge in [-0.1, -0.05) is 19.9 Å². The van der Waals surface area contributed by atoms with Crippen LogP contribution < -0.4 is 0 Å². The van der Waals surface area contributed by atoms with E-state index in [0.717, 1.165) is 24.0 Å². The number of nitrogens with zero attached hydrogens (tertiary/aromatic N) is 1. The monoisotopic (exact) mass is 319 g/mol. The molecule has 1 amide bonds. The third-order valence-electron chi connectivity index (χ3n) is 4.19. The summed E-state index contributed by atoms with van der Waals surface area (Å²) < 4.78 is 5.63. The average molecular weight is 319 g/mol. The molecule has 0 spiro atoms. The number of carboxylic acid groups (broad SMARTS) is 1. The Labute approximate surface area is 137 Å². The summed E-state index contributed by atoms with van der Waals surface area (Å²) in [5, 5.41) is 9.09. The summed E-state index contributed by atoms with van der Waals surface area (Å²) in [6.07, 6.45) is 1.22. The Hall–Kier alpha value is -1.88. The lowest BCUT2D eigenvalue weighted by Gasteiger charge is -2.31. The predicted molar refractivity (Wildman–Crippen MR) is 87.4 cm³/mol. The Morgan fingerprint density at radius 3 is 2.65 bits per heavy atom. The van der Waals surface area contributed by atoms with E-state index in [4.69, 9.17) is 9.84 Å². The van der Waals surface area contributed by atoms with Crippen molar-refractivity contribution in [2.45, 2.75) is 46.3 Å². The van der Waals surface area contributed by atoms with Gasteiger partial charge in [-0.05, 0) is 48.9 Å². The minimum atomic E-state index is -0.943. The topological polar surface area (TPSA) is 66.8 Å². The van der Waals surface area contributed by atoms with E-state index in [2.05, 4.69) is 13.8 Å². The molecule has 1 aromatic rings. The Kier molecular flexibility index (Phi) is 5.77. The second kappa shape index (κ2) is 7.59. The summed E-state index contributed by atoms with van der Waals surface area (Å²) in [5.74, 6) is -0.421. The van der Waals surface area contributed by atoms with E-state index in [1.165, 1.54) is 0 Å². The molecule has 0 radical (unpaired) electrons. The maximum absolute atomic E-state index is 12.5. The Bertz CT molecular complexity index is 582. The minimum Gasteiger partial charge on any atom is -0.478 e. The standard InChI is InChI=1S/C18H25NO4/c1-12(2)7-9-23-13(3)17(20)19-8-6-14-4-5-15(18(21)22)10-16(14)11-19/h4-5,10,12-13H,6-9,11H2,1-3H3,(H,21,22). The predicted octanol–water partition coefficient (Wildman–Crippen LogP) is 2.72. The van der Waals surface area contributed by atoms with Crippen molar-refractivity contribution in [2.24, 2.45) is 5.92 Å². The van der Waals surface area contributed by atoms with Gasteiger partial charge in [-0.15, -0.1) is 0 Å². The van der Waals surface area contributed by atoms with Gasteiger partial charge in [-0.3, -0.25) is 4.79 Å².